The van der Waals surface area contributed by atoms with Gasteiger partial charge in [0.1, 0.15) is 11.7 Å². The molecule has 0 radical (unpaired) electrons. The largest absolute Gasteiger partial charge is 0.342 e. The zero-order valence-electron chi connectivity index (χ0n) is 24.4. The van der Waals surface area contributed by atoms with Crippen LogP contribution in [0.2, 0.25) is 20.1 Å². The van der Waals surface area contributed by atoms with Gasteiger partial charge in [-0.05, 0) is 65.8 Å². The van der Waals surface area contributed by atoms with Crippen molar-refractivity contribution in [3.8, 4) is 0 Å². The van der Waals surface area contributed by atoms with Crippen molar-refractivity contribution in [3.05, 3.63) is 56.5 Å². The van der Waals surface area contributed by atoms with Gasteiger partial charge in [0.25, 0.3) is 0 Å². The van der Waals surface area contributed by atoms with E-state index in [9.17, 15) is 0 Å². The monoisotopic (exact) mass is 626 g/mol. The Labute approximate surface area is 260 Å². The SMILES string of the molecule is CC(C)(C)N=C(CCN1CCN(CCC(=NC(C)(C)C)Nc2c(Cl)cccc2Cl)CC1)Nc1c(Cl)cccc1Cl. The van der Waals surface area contributed by atoms with Crippen LogP contribution in [0.5, 0.6) is 0 Å². The predicted molar refractivity (Wildman–Crippen MR) is 177 cm³/mol. The molecule has 40 heavy (non-hydrogen) atoms. The third-order valence-electron chi connectivity index (χ3n) is 6.20. The van der Waals surface area contributed by atoms with Crippen LogP contribution in [0.4, 0.5) is 11.4 Å². The normalized spacial score (nSPS) is 16.4. The third kappa shape index (κ3) is 11.0. The van der Waals surface area contributed by atoms with Crippen LogP contribution in [0.3, 0.4) is 0 Å². The van der Waals surface area contributed by atoms with Crippen LogP contribution < -0.4 is 10.6 Å². The Morgan fingerprint density at radius 2 is 0.925 bits per heavy atom. The van der Waals surface area contributed by atoms with Gasteiger partial charge in [0.2, 0.25) is 0 Å². The third-order valence-corrected chi connectivity index (χ3v) is 7.46. The number of anilines is 2. The van der Waals surface area contributed by atoms with E-state index in [1.165, 1.54) is 0 Å². The molecule has 2 N–H and O–H groups in total. The fourth-order valence-corrected chi connectivity index (χ4v) is 5.37. The summed E-state index contributed by atoms with van der Waals surface area (Å²) in [5, 5.41) is 9.17. The highest BCUT2D eigenvalue weighted by atomic mass is 35.5. The number of piperazine rings is 1. The van der Waals surface area contributed by atoms with Gasteiger partial charge in [-0.2, -0.15) is 0 Å². The molecule has 0 aromatic heterocycles. The molecule has 0 unspecified atom stereocenters. The summed E-state index contributed by atoms with van der Waals surface area (Å²) in [6, 6.07) is 11.0. The smallest absolute Gasteiger partial charge is 0.103 e. The predicted octanol–water partition coefficient (Wildman–Crippen LogP) is 8.62. The van der Waals surface area contributed by atoms with Gasteiger partial charge in [0.15, 0.2) is 0 Å². The molecule has 1 aliphatic rings. The first-order valence-electron chi connectivity index (χ1n) is 13.7. The maximum absolute atomic E-state index is 6.41. The zero-order chi connectivity index (χ0) is 29.5. The van der Waals surface area contributed by atoms with E-state index in [4.69, 9.17) is 56.4 Å². The average molecular weight is 629 g/mol. The van der Waals surface area contributed by atoms with Crippen LogP contribution in [0.1, 0.15) is 54.4 Å². The van der Waals surface area contributed by atoms with Crippen molar-refractivity contribution in [2.45, 2.75) is 65.5 Å². The summed E-state index contributed by atoms with van der Waals surface area (Å²) in [6.07, 6.45) is 1.56. The molecule has 1 fully saturated rings. The summed E-state index contributed by atoms with van der Waals surface area (Å²) < 4.78 is 0. The molecule has 220 valence electrons. The number of benzene rings is 2. The van der Waals surface area contributed by atoms with E-state index in [0.717, 1.165) is 63.8 Å². The van der Waals surface area contributed by atoms with Crippen molar-refractivity contribution in [3.63, 3.8) is 0 Å². The van der Waals surface area contributed by atoms with Crippen molar-refractivity contribution >= 4 is 69.4 Å². The second-order valence-electron chi connectivity index (χ2n) is 12.1. The summed E-state index contributed by atoms with van der Waals surface area (Å²) in [6.45, 7) is 18.3. The molecule has 1 saturated heterocycles. The molecule has 0 spiro atoms. The molecule has 0 atom stereocenters. The number of hydrogen-bond acceptors (Lipinski definition) is 4. The fourth-order valence-electron chi connectivity index (χ4n) is 4.39. The number of halogens is 4. The van der Waals surface area contributed by atoms with E-state index < -0.39 is 0 Å². The highest BCUT2D eigenvalue weighted by Crippen LogP contribution is 2.31. The van der Waals surface area contributed by atoms with Crippen LogP contribution in [0.25, 0.3) is 0 Å². The summed E-state index contributed by atoms with van der Waals surface area (Å²) >= 11 is 25.7. The van der Waals surface area contributed by atoms with Crippen LogP contribution in [0.15, 0.2) is 46.4 Å². The zero-order valence-corrected chi connectivity index (χ0v) is 27.4. The molecule has 0 aliphatic carbocycles. The number of para-hydroxylation sites is 2. The Bertz CT molecular complexity index is 1060. The Hall–Kier alpha value is -1.54. The van der Waals surface area contributed by atoms with Crippen molar-refractivity contribution in [1.29, 1.82) is 0 Å². The Morgan fingerprint density at radius 3 is 1.20 bits per heavy atom. The van der Waals surface area contributed by atoms with Crippen molar-refractivity contribution in [2.24, 2.45) is 9.98 Å². The quantitative estimate of drug-likeness (QED) is 0.227. The van der Waals surface area contributed by atoms with Gasteiger partial charge in [-0.25, -0.2) is 0 Å². The maximum atomic E-state index is 6.41. The second-order valence-corrected chi connectivity index (χ2v) is 13.7. The van der Waals surface area contributed by atoms with E-state index >= 15 is 0 Å². The van der Waals surface area contributed by atoms with Crippen LogP contribution in [0, 0.1) is 0 Å². The number of amidine groups is 2. The Balaban J connectivity index is 1.56. The summed E-state index contributed by atoms with van der Waals surface area (Å²) in [4.78, 5) is 14.8. The molecular weight excluding hydrogens is 586 g/mol. The maximum Gasteiger partial charge on any atom is 0.103 e. The highest BCUT2D eigenvalue weighted by molar-refractivity contribution is 6.40. The summed E-state index contributed by atoms with van der Waals surface area (Å²) in [7, 11) is 0. The average Bonchev–Trinajstić information content (AvgIpc) is 2.84. The lowest BCUT2D eigenvalue weighted by atomic mass is 10.1. The molecule has 6 nitrogen and oxygen atoms in total. The molecule has 0 amide bonds. The molecule has 2 aromatic carbocycles. The van der Waals surface area contributed by atoms with Crippen LogP contribution in [-0.2, 0) is 0 Å². The first-order valence-corrected chi connectivity index (χ1v) is 15.3. The molecule has 3 rings (SSSR count). The summed E-state index contributed by atoms with van der Waals surface area (Å²) in [5.74, 6) is 1.77. The van der Waals surface area contributed by atoms with Crippen LogP contribution >= 0.6 is 46.4 Å². The molecule has 10 heteroatoms. The topological polar surface area (TPSA) is 55.3 Å². The first kappa shape index (κ1) is 33.0. The molecular formula is C30H42Cl4N6. The lowest BCUT2D eigenvalue weighted by Gasteiger charge is -2.35. The number of hydrogen-bond donors (Lipinski definition) is 2. The standard InChI is InChI=1S/C30H42Cl4N6/c1-29(2,3)37-25(35-27-21(31)9-7-10-22(27)32)13-15-39-17-19-40(20-18-39)16-14-26(38-30(4,5)6)36-28-23(33)11-8-12-24(28)34/h7-12H,13-20H2,1-6H3,(H,35,37)(H,36,38). The Morgan fingerprint density at radius 1 is 0.625 bits per heavy atom. The number of nitrogens with one attached hydrogen (secondary N) is 2. The number of aliphatic imine (C=N–C) groups is 2. The lowest BCUT2D eigenvalue weighted by molar-refractivity contribution is 0.137. The van der Waals surface area contributed by atoms with Gasteiger partial charge in [-0.3, -0.25) is 9.98 Å². The van der Waals surface area contributed by atoms with Crippen molar-refractivity contribution in [2.75, 3.05) is 49.9 Å². The van der Waals surface area contributed by atoms with Gasteiger partial charge in [0.05, 0.1) is 42.5 Å². The van der Waals surface area contributed by atoms with Gasteiger partial charge in [0, 0.05) is 52.1 Å². The molecule has 0 saturated carbocycles. The van der Waals surface area contributed by atoms with E-state index in [1.807, 2.05) is 36.4 Å². The second kappa shape index (κ2) is 14.6. The minimum atomic E-state index is -0.219. The minimum Gasteiger partial charge on any atom is -0.342 e. The van der Waals surface area contributed by atoms with E-state index in [2.05, 4.69) is 62.0 Å². The van der Waals surface area contributed by atoms with Crippen LogP contribution in [-0.4, -0.2) is 71.8 Å². The molecule has 1 heterocycles. The van der Waals surface area contributed by atoms with E-state index in [1.54, 1.807) is 0 Å². The van der Waals surface area contributed by atoms with Gasteiger partial charge >= 0.3 is 0 Å². The van der Waals surface area contributed by atoms with Gasteiger partial charge < -0.3 is 20.4 Å². The molecule has 0 bridgehead atoms. The van der Waals surface area contributed by atoms with E-state index in [-0.39, 0.29) is 11.1 Å². The summed E-state index contributed by atoms with van der Waals surface area (Å²) in [5.41, 5.74) is 0.975. The minimum absolute atomic E-state index is 0.219. The number of nitrogens with zero attached hydrogens (tertiary/aromatic N) is 4. The fraction of sp³-hybridized carbons (Fsp3) is 0.533. The lowest BCUT2D eigenvalue weighted by Crippen LogP contribution is -2.47. The van der Waals surface area contributed by atoms with E-state index in [0.29, 0.717) is 31.5 Å². The van der Waals surface area contributed by atoms with Crippen molar-refractivity contribution in [1.82, 2.24) is 9.80 Å². The van der Waals surface area contributed by atoms with Gasteiger partial charge in [-0.15, -0.1) is 0 Å². The van der Waals surface area contributed by atoms with Crippen molar-refractivity contribution < 1.29 is 0 Å². The molecule has 2 aromatic rings. The highest BCUT2D eigenvalue weighted by Gasteiger charge is 2.20. The van der Waals surface area contributed by atoms with Gasteiger partial charge in [-0.1, -0.05) is 58.5 Å². The Kier molecular flexibility index (Phi) is 12.0. The first-order chi connectivity index (χ1) is 18.7. The number of rotatable bonds is 8. The molecule has 1 aliphatic heterocycles.